The van der Waals surface area contributed by atoms with E-state index in [1.54, 1.807) is 6.92 Å². The molecule has 0 aromatic heterocycles. The van der Waals surface area contributed by atoms with E-state index in [-0.39, 0.29) is 22.9 Å². The lowest BCUT2D eigenvalue weighted by Gasteiger charge is -2.32. The summed E-state index contributed by atoms with van der Waals surface area (Å²) in [6.45, 7) is 4.73. The van der Waals surface area contributed by atoms with Gasteiger partial charge in [-0.1, -0.05) is 42.5 Å². The standard InChI is InChI=1S/C16H23N3OS/c1-12(15(17)21)16(20)18-14-7-9-19(10-8-14)11-13-5-3-2-4-6-13/h2-6,12,14H,7-11H2,1H3,(H2,17,21)(H,18,20). The molecule has 1 aliphatic heterocycles. The molecular formula is C16H23N3OS. The van der Waals surface area contributed by atoms with Crippen LogP contribution in [0.1, 0.15) is 25.3 Å². The van der Waals surface area contributed by atoms with Crippen molar-refractivity contribution in [1.82, 2.24) is 10.2 Å². The molecule has 3 N–H and O–H groups in total. The van der Waals surface area contributed by atoms with Gasteiger partial charge in [0.2, 0.25) is 5.91 Å². The zero-order valence-corrected chi connectivity index (χ0v) is 13.2. The first-order valence-electron chi connectivity index (χ1n) is 7.42. The molecule has 0 saturated carbocycles. The largest absolute Gasteiger partial charge is 0.393 e. The predicted molar refractivity (Wildman–Crippen MR) is 88.8 cm³/mol. The van der Waals surface area contributed by atoms with Crippen molar-refractivity contribution in [2.45, 2.75) is 32.4 Å². The fraction of sp³-hybridized carbons (Fsp3) is 0.500. The summed E-state index contributed by atoms with van der Waals surface area (Å²) in [4.78, 5) is 14.6. The normalized spacial score (nSPS) is 18.1. The Bertz CT molecular complexity index is 484. The molecule has 4 nitrogen and oxygen atoms in total. The van der Waals surface area contributed by atoms with E-state index in [9.17, 15) is 4.79 Å². The molecule has 1 saturated heterocycles. The minimum atomic E-state index is -0.387. The van der Waals surface area contributed by atoms with Crippen molar-refractivity contribution in [2.75, 3.05) is 13.1 Å². The minimum absolute atomic E-state index is 0.0518. The molecule has 1 fully saturated rings. The smallest absolute Gasteiger partial charge is 0.229 e. The van der Waals surface area contributed by atoms with Crippen molar-refractivity contribution < 1.29 is 4.79 Å². The van der Waals surface area contributed by atoms with Crippen molar-refractivity contribution in [3.05, 3.63) is 35.9 Å². The number of nitrogens with one attached hydrogen (secondary N) is 1. The number of carbonyl (C=O) groups excluding carboxylic acids is 1. The molecule has 1 aliphatic rings. The molecule has 21 heavy (non-hydrogen) atoms. The molecule has 0 radical (unpaired) electrons. The van der Waals surface area contributed by atoms with E-state index < -0.39 is 0 Å². The SMILES string of the molecule is CC(C(=O)NC1CCN(Cc2ccccc2)CC1)C(N)=S. The summed E-state index contributed by atoms with van der Waals surface area (Å²) in [5.74, 6) is -0.439. The maximum Gasteiger partial charge on any atom is 0.229 e. The Kier molecular flexibility index (Phi) is 5.70. The van der Waals surface area contributed by atoms with Gasteiger partial charge in [0.25, 0.3) is 0 Å². The van der Waals surface area contributed by atoms with E-state index in [0.29, 0.717) is 0 Å². The van der Waals surface area contributed by atoms with Gasteiger partial charge in [-0.2, -0.15) is 0 Å². The Morgan fingerprint density at radius 1 is 1.38 bits per heavy atom. The number of amides is 1. The third-order valence-corrected chi connectivity index (χ3v) is 4.36. The molecule has 1 aromatic carbocycles. The fourth-order valence-corrected chi connectivity index (χ4v) is 2.64. The van der Waals surface area contributed by atoms with Crippen LogP contribution in [0.25, 0.3) is 0 Å². The second-order valence-electron chi connectivity index (χ2n) is 5.67. The summed E-state index contributed by atoms with van der Waals surface area (Å²) in [5, 5.41) is 3.05. The number of thiocarbonyl (C=S) groups is 1. The first-order valence-corrected chi connectivity index (χ1v) is 7.83. The molecule has 1 aromatic rings. The lowest BCUT2D eigenvalue weighted by atomic mass is 10.0. The van der Waals surface area contributed by atoms with E-state index in [1.165, 1.54) is 5.56 Å². The number of carbonyl (C=O) groups is 1. The average Bonchev–Trinajstić information content (AvgIpc) is 2.49. The maximum absolute atomic E-state index is 11.9. The van der Waals surface area contributed by atoms with Crippen molar-refractivity contribution in [2.24, 2.45) is 11.7 Å². The molecular weight excluding hydrogens is 282 g/mol. The number of rotatable bonds is 5. The van der Waals surface area contributed by atoms with Gasteiger partial charge in [-0.05, 0) is 25.3 Å². The van der Waals surface area contributed by atoms with Crippen LogP contribution >= 0.6 is 12.2 Å². The van der Waals surface area contributed by atoms with Crippen LogP contribution in [0.4, 0.5) is 0 Å². The van der Waals surface area contributed by atoms with Gasteiger partial charge in [0.15, 0.2) is 0 Å². The summed E-state index contributed by atoms with van der Waals surface area (Å²) in [5.41, 5.74) is 6.85. The molecule has 1 atom stereocenters. The number of nitrogens with zero attached hydrogens (tertiary/aromatic N) is 1. The van der Waals surface area contributed by atoms with Crippen molar-refractivity contribution >= 4 is 23.1 Å². The van der Waals surface area contributed by atoms with E-state index >= 15 is 0 Å². The van der Waals surface area contributed by atoms with Gasteiger partial charge < -0.3 is 11.1 Å². The van der Waals surface area contributed by atoms with Gasteiger partial charge in [-0.25, -0.2) is 0 Å². The summed E-state index contributed by atoms with van der Waals surface area (Å²) in [6.07, 6.45) is 1.95. The molecule has 1 heterocycles. The highest BCUT2D eigenvalue weighted by Gasteiger charge is 2.23. The molecule has 1 amide bonds. The topological polar surface area (TPSA) is 58.4 Å². The maximum atomic E-state index is 11.9. The number of likely N-dealkylation sites (tertiary alicyclic amines) is 1. The highest BCUT2D eigenvalue weighted by molar-refractivity contribution is 7.80. The number of nitrogens with two attached hydrogens (primary N) is 1. The van der Waals surface area contributed by atoms with Crippen LogP contribution in [-0.4, -0.2) is 34.9 Å². The summed E-state index contributed by atoms with van der Waals surface area (Å²) in [7, 11) is 0. The number of hydrogen-bond acceptors (Lipinski definition) is 3. The zero-order valence-electron chi connectivity index (χ0n) is 12.4. The van der Waals surface area contributed by atoms with Gasteiger partial charge >= 0.3 is 0 Å². The number of hydrogen-bond donors (Lipinski definition) is 2. The number of benzene rings is 1. The third-order valence-electron chi connectivity index (χ3n) is 4.00. The van der Waals surface area contributed by atoms with Crippen LogP contribution in [0.2, 0.25) is 0 Å². The molecule has 5 heteroatoms. The molecule has 0 aliphatic carbocycles. The highest BCUT2D eigenvalue weighted by atomic mass is 32.1. The monoisotopic (exact) mass is 305 g/mol. The summed E-state index contributed by atoms with van der Waals surface area (Å²) >= 11 is 4.86. The Morgan fingerprint density at radius 3 is 2.57 bits per heavy atom. The van der Waals surface area contributed by atoms with Crippen LogP contribution in [-0.2, 0) is 11.3 Å². The lowest BCUT2D eigenvalue weighted by molar-refractivity contribution is -0.123. The second kappa shape index (κ2) is 7.52. The first-order chi connectivity index (χ1) is 10.1. The lowest BCUT2D eigenvalue weighted by Crippen LogP contribution is -2.47. The Morgan fingerprint density at radius 2 is 2.00 bits per heavy atom. The van der Waals surface area contributed by atoms with Crippen LogP contribution < -0.4 is 11.1 Å². The van der Waals surface area contributed by atoms with Crippen molar-refractivity contribution in [1.29, 1.82) is 0 Å². The van der Waals surface area contributed by atoms with Crippen molar-refractivity contribution in [3.63, 3.8) is 0 Å². The molecule has 0 bridgehead atoms. The fourth-order valence-electron chi connectivity index (χ4n) is 2.53. The quantitative estimate of drug-likeness (QED) is 0.813. The predicted octanol–water partition coefficient (Wildman–Crippen LogP) is 1.69. The second-order valence-corrected chi connectivity index (χ2v) is 6.14. The highest BCUT2D eigenvalue weighted by Crippen LogP contribution is 2.14. The summed E-state index contributed by atoms with van der Waals surface area (Å²) < 4.78 is 0. The van der Waals surface area contributed by atoms with Crippen LogP contribution in [0.5, 0.6) is 0 Å². The van der Waals surface area contributed by atoms with Gasteiger partial charge in [0, 0.05) is 25.7 Å². The molecule has 0 spiro atoms. The van der Waals surface area contributed by atoms with E-state index in [2.05, 4.69) is 34.5 Å². The van der Waals surface area contributed by atoms with Gasteiger partial charge in [0.1, 0.15) is 0 Å². The van der Waals surface area contributed by atoms with Crippen LogP contribution in [0.15, 0.2) is 30.3 Å². The van der Waals surface area contributed by atoms with Gasteiger partial charge in [-0.15, -0.1) is 0 Å². The summed E-state index contributed by atoms with van der Waals surface area (Å²) in [6, 6.07) is 10.7. The Balaban J connectivity index is 1.76. The van der Waals surface area contributed by atoms with Gasteiger partial charge in [0.05, 0.1) is 10.9 Å². The molecule has 114 valence electrons. The zero-order chi connectivity index (χ0) is 15.2. The van der Waals surface area contributed by atoms with Gasteiger partial charge in [-0.3, -0.25) is 9.69 Å². The van der Waals surface area contributed by atoms with E-state index in [4.69, 9.17) is 18.0 Å². The Hall–Kier alpha value is -1.46. The minimum Gasteiger partial charge on any atom is -0.393 e. The molecule has 1 unspecified atom stereocenters. The number of piperidine rings is 1. The van der Waals surface area contributed by atoms with Crippen LogP contribution in [0.3, 0.4) is 0 Å². The van der Waals surface area contributed by atoms with E-state index in [0.717, 1.165) is 32.5 Å². The van der Waals surface area contributed by atoms with Crippen LogP contribution in [0, 0.1) is 5.92 Å². The van der Waals surface area contributed by atoms with E-state index in [1.807, 2.05) is 6.07 Å². The Labute approximate surface area is 131 Å². The first kappa shape index (κ1) is 15.9. The van der Waals surface area contributed by atoms with Crippen molar-refractivity contribution in [3.8, 4) is 0 Å². The average molecular weight is 305 g/mol. The molecule has 2 rings (SSSR count). The third kappa shape index (κ3) is 4.79.